The fraction of sp³-hybridized carbons (Fsp3) is 0.222. The number of halogens is 1. The van der Waals surface area contributed by atoms with Gasteiger partial charge in [0.15, 0.2) is 0 Å². The number of benzene rings is 1. The van der Waals surface area contributed by atoms with Crippen LogP contribution in [0.2, 0.25) is 0 Å². The second-order valence-corrected chi connectivity index (χ2v) is 3.94. The van der Waals surface area contributed by atoms with Crippen LogP contribution in [0, 0.1) is 5.82 Å². The van der Waals surface area contributed by atoms with E-state index in [1.54, 1.807) is 23.9 Å². The van der Waals surface area contributed by atoms with Gasteiger partial charge >= 0.3 is 0 Å². The second kappa shape index (κ2) is 4.39. The first-order valence-corrected chi connectivity index (χ1v) is 5.34. The standard InChI is InChI=1S/C9H9FN4S/c1-14-9(11-12-13-14)15-6-7-2-4-8(10)5-3-7/h2-5H,6H2,1H3. The van der Waals surface area contributed by atoms with Crippen molar-refractivity contribution < 1.29 is 4.39 Å². The minimum absolute atomic E-state index is 0.218. The SMILES string of the molecule is Cn1nnnc1SCc1ccc(F)cc1. The number of nitrogens with zero attached hydrogens (tertiary/aromatic N) is 4. The average molecular weight is 224 g/mol. The molecule has 0 N–H and O–H groups in total. The van der Waals surface area contributed by atoms with Gasteiger partial charge in [0, 0.05) is 12.8 Å². The maximum absolute atomic E-state index is 12.6. The maximum atomic E-state index is 12.6. The summed E-state index contributed by atoms with van der Waals surface area (Å²) in [6, 6.07) is 6.41. The van der Waals surface area contributed by atoms with Gasteiger partial charge in [-0.2, -0.15) is 0 Å². The van der Waals surface area contributed by atoms with Crippen molar-refractivity contribution >= 4 is 11.8 Å². The largest absolute Gasteiger partial charge is 0.224 e. The van der Waals surface area contributed by atoms with Crippen molar-refractivity contribution in [1.82, 2.24) is 20.2 Å². The molecule has 0 amide bonds. The molecule has 1 heterocycles. The summed E-state index contributed by atoms with van der Waals surface area (Å²) >= 11 is 1.52. The van der Waals surface area contributed by atoms with Crippen molar-refractivity contribution in [3.8, 4) is 0 Å². The first-order chi connectivity index (χ1) is 7.25. The molecule has 1 aromatic carbocycles. The van der Waals surface area contributed by atoms with Crippen molar-refractivity contribution in [3.63, 3.8) is 0 Å². The van der Waals surface area contributed by atoms with Gasteiger partial charge in [0.1, 0.15) is 5.82 Å². The molecule has 15 heavy (non-hydrogen) atoms. The smallest absolute Gasteiger partial charge is 0.209 e. The molecule has 0 aliphatic carbocycles. The summed E-state index contributed by atoms with van der Waals surface area (Å²) in [6.07, 6.45) is 0. The van der Waals surface area contributed by atoms with Gasteiger partial charge < -0.3 is 0 Å². The molecule has 0 saturated carbocycles. The summed E-state index contributed by atoms with van der Waals surface area (Å²) < 4.78 is 14.2. The summed E-state index contributed by atoms with van der Waals surface area (Å²) in [5.41, 5.74) is 1.05. The van der Waals surface area contributed by atoms with Crippen molar-refractivity contribution in [2.45, 2.75) is 10.9 Å². The van der Waals surface area contributed by atoms with Crippen LogP contribution in [0.15, 0.2) is 29.4 Å². The number of thioether (sulfide) groups is 1. The highest BCUT2D eigenvalue weighted by Gasteiger charge is 2.03. The van der Waals surface area contributed by atoms with Gasteiger partial charge in [-0.25, -0.2) is 9.07 Å². The van der Waals surface area contributed by atoms with Gasteiger partial charge in [-0.15, -0.1) is 5.10 Å². The fourth-order valence-corrected chi connectivity index (χ4v) is 1.88. The predicted molar refractivity (Wildman–Crippen MR) is 54.8 cm³/mol. The molecule has 6 heteroatoms. The molecule has 0 saturated heterocycles. The summed E-state index contributed by atoms with van der Waals surface area (Å²) in [4.78, 5) is 0. The van der Waals surface area contributed by atoms with Gasteiger partial charge in [0.25, 0.3) is 0 Å². The zero-order valence-electron chi connectivity index (χ0n) is 8.09. The molecule has 1 aromatic heterocycles. The summed E-state index contributed by atoms with van der Waals surface area (Å²) in [5.74, 6) is 0.512. The summed E-state index contributed by atoms with van der Waals surface area (Å²) in [5, 5.41) is 11.8. The lowest BCUT2D eigenvalue weighted by Gasteiger charge is -1.99. The molecule has 0 radical (unpaired) electrons. The molecule has 4 nitrogen and oxygen atoms in total. The van der Waals surface area contributed by atoms with E-state index in [0.29, 0.717) is 0 Å². The predicted octanol–water partition coefficient (Wildman–Crippen LogP) is 1.64. The molecule has 0 unspecified atom stereocenters. The zero-order valence-corrected chi connectivity index (χ0v) is 8.91. The van der Waals surface area contributed by atoms with E-state index in [4.69, 9.17) is 0 Å². The van der Waals surface area contributed by atoms with Crippen LogP contribution in [-0.4, -0.2) is 20.2 Å². The Morgan fingerprint density at radius 1 is 1.33 bits per heavy atom. The summed E-state index contributed by atoms with van der Waals surface area (Å²) in [7, 11) is 1.78. The lowest BCUT2D eigenvalue weighted by molar-refractivity contribution is 0.627. The zero-order chi connectivity index (χ0) is 10.7. The highest BCUT2D eigenvalue weighted by atomic mass is 32.2. The van der Waals surface area contributed by atoms with Crippen LogP contribution in [0.5, 0.6) is 0 Å². The molecule has 0 aliphatic heterocycles. The molecule has 0 fully saturated rings. The maximum Gasteiger partial charge on any atom is 0.209 e. The number of hydrogen-bond donors (Lipinski definition) is 0. The average Bonchev–Trinajstić information content (AvgIpc) is 2.63. The molecule has 0 atom stereocenters. The highest BCUT2D eigenvalue weighted by Crippen LogP contribution is 2.19. The molecule has 0 aliphatic rings. The molecule has 2 aromatic rings. The van der Waals surface area contributed by atoms with Crippen LogP contribution in [0.4, 0.5) is 4.39 Å². The first kappa shape index (κ1) is 10.1. The Hall–Kier alpha value is -1.43. The molecule has 78 valence electrons. The Kier molecular flexibility index (Phi) is 2.96. The topological polar surface area (TPSA) is 43.6 Å². The fourth-order valence-electron chi connectivity index (χ4n) is 1.07. The molecule has 0 bridgehead atoms. The van der Waals surface area contributed by atoms with Gasteiger partial charge in [-0.3, -0.25) is 0 Å². The van der Waals surface area contributed by atoms with Crippen molar-refractivity contribution in [1.29, 1.82) is 0 Å². The van der Waals surface area contributed by atoms with Gasteiger partial charge in [-0.05, 0) is 28.1 Å². The number of aromatic nitrogens is 4. The molecular formula is C9H9FN4S. The van der Waals surface area contributed by atoms with E-state index >= 15 is 0 Å². The molecule has 0 spiro atoms. The normalized spacial score (nSPS) is 10.5. The van der Waals surface area contributed by atoms with Crippen LogP contribution >= 0.6 is 11.8 Å². The van der Waals surface area contributed by atoms with Crippen LogP contribution in [0.1, 0.15) is 5.56 Å². The molecular weight excluding hydrogens is 215 g/mol. The number of aryl methyl sites for hydroxylation is 1. The number of tetrazole rings is 1. The Labute approximate surface area is 90.5 Å². The van der Waals surface area contributed by atoms with Crippen LogP contribution < -0.4 is 0 Å². The third-order valence-corrected chi connectivity index (χ3v) is 2.94. The third kappa shape index (κ3) is 2.53. The number of rotatable bonds is 3. The second-order valence-electron chi connectivity index (χ2n) is 3.00. The van der Waals surface area contributed by atoms with Crippen LogP contribution in [0.25, 0.3) is 0 Å². The van der Waals surface area contributed by atoms with Crippen molar-refractivity contribution in [3.05, 3.63) is 35.6 Å². The molecule has 2 rings (SSSR count). The van der Waals surface area contributed by atoms with Crippen molar-refractivity contribution in [2.24, 2.45) is 7.05 Å². The summed E-state index contributed by atoms with van der Waals surface area (Å²) in [6.45, 7) is 0. The van der Waals surface area contributed by atoms with Gasteiger partial charge in [-0.1, -0.05) is 23.9 Å². The van der Waals surface area contributed by atoms with Gasteiger partial charge in [0.2, 0.25) is 5.16 Å². The minimum atomic E-state index is -0.218. The number of hydrogen-bond acceptors (Lipinski definition) is 4. The van der Waals surface area contributed by atoms with E-state index in [2.05, 4.69) is 15.5 Å². The van der Waals surface area contributed by atoms with E-state index < -0.39 is 0 Å². The minimum Gasteiger partial charge on any atom is -0.224 e. The van der Waals surface area contributed by atoms with E-state index in [1.165, 1.54) is 23.9 Å². The van der Waals surface area contributed by atoms with Crippen LogP contribution in [-0.2, 0) is 12.8 Å². The first-order valence-electron chi connectivity index (χ1n) is 4.35. The van der Waals surface area contributed by atoms with E-state index in [1.807, 2.05) is 0 Å². The lowest BCUT2D eigenvalue weighted by Crippen LogP contribution is -1.93. The highest BCUT2D eigenvalue weighted by molar-refractivity contribution is 7.98. The van der Waals surface area contributed by atoms with E-state index in [-0.39, 0.29) is 5.82 Å². The third-order valence-electron chi connectivity index (χ3n) is 1.86. The van der Waals surface area contributed by atoms with E-state index in [9.17, 15) is 4.39 Å². The van der Waals surface area contributed by atoms with Crippen LogP contribution in [0.3, 0.4) is 0 Å². The van der Waals surface area contributed by atoms with E-state index in [0.717, 1.165) is 16.5 Å². The monoisotopic (exact) mass is 224 g/mol. The van der Waals surface area contributed by atoms with Gasteiger partial charge in [0.05, 0.1) is 0 Å². The quantitative estimate of drug-likeness (QED) is 0.743. The Morgan fingerprint density at radius 2 is 2.07 bits per heavy atom. The Balaban J connectivity index is 1.99. The lowest BCUT2D eigenvalue weighted by atomic mass is 10.2. The Morgan fingerprint density at radius 3 is 2.67 bits per heavy atom. The Bertz CT molecular complexity index is 440. The van der Waals surface area contributed by atoms with Crippen molar-refractivity contribution in [2.75, 3.05) is 0 Å².